The number of hydrogen-bond donors (Lipinski definition) is 0. The largest absolute Gasteiger partial charge is 0.457 e. The third-order valence-corrected chi connectivity index (χ3v) is 15.6. The standard InChI is InChI=1S/C68H43NO2/c1-2-21-44(22-3-1)46-23-6-14-34-59(46)69(61-36-20-33-57-66(61)50-26-5-9-28-52(50)67(57)53-29-10-16-37-62(53)70-63-38-17-11-30-54(63)67)60-35-15-7-24-47(60)45-41-42-49-48-25-4-8-27-51(48)68(58(49)43-45)55-31-12-18-39-64(55)71-65-40-19-13-32-56(65)68/h1-43H. The van der Waals surface area contributed by atoms with Crippen molar-refractivity contribution in [3.63, 3.8) is 0 Å². The summed E-state index contributed by atoms with van der Waals surface area (Å²) in [6.45, 7) is 0. The maximum atomic E-state index is 6.76. The number of rotatable bonds is 5. The average molecular weight is 906 g/mol. The Morgan fingerprint density at radius 2 is 0.620 bits per heavy atom. The lowest BCUT2D eigenvalue weighted by Gasteiger charge is -2.39. The molecule has 3 nitrogen and oxygen atoms in total. The van der Waals surface area contributed by atoms with Crippen molar-refractivity contribution in [2.45, 2.75) is 10.8 Å². The Morgan fingerprint density at radius 1 is 0.239 bits per heavy atom. The van der Waals surface area contributed by atoms with Crippen LogP contribution in [0.2, 0.25) is 0 Å². The van der Waals surface area contributed by atoms with E-state index in [4.69, 9.17) is 9.47 Å². The molecule has 15 rings (SSSR count). The first-order chi connectivity index (χ1) is 35.2. The van der Waals surface area contributed by atoms with Gasteiger partial charge in [-0.25, -0.2) is 0 Å². The molecule has 0 saturated heterocycles. The fourth-order valence-corrected chi connectivity index (χ4v) is 12.9. The van der Waals surface area contributed by atoms with E-state index in [0.717, 1.165) is 84.6 Å². The zero-order valence-corrected chi connectivity index (χ0v) is 38.6. The zero-order valence-electron chi connectivity index (χ0n) is 38.6. The van der Waals surface area contributed by atoms with Crippen LogP contribution >= 0.6 is 0 Å². The van der Waals surface area contributed by atoms with Crippen molar-refractivity contribution in [2.24, 2.45) is 0 Å². The Hall–Kier alpha value is -9.18. The summed E-state index contributed by atoms with van der Waals surface area (Å²) in [5.74, 6) is 3.52. The topological polar surface area (TPSA) is 21.7 Å². The Labute approximate surface area is 413 Å². The molecule has 332 valence electrons. The number of hydrogen-bond acceptors (Lipinski definition) is 3. The van der Waals surface area contributed by atoms with Crippen LogP contribution in [-0.2, 0) is 10.8 Å². The predicted molar refractivity (Wildman–Crippen MR) is 287 cm³/mol. The number of anilines is 3. The van der Waals surface area contributed by atoms with Crippen LogP contribution < -0.4 is 14.4 Å². The van der Waals surface area contributed by atoms with E-state index < -0.39 is 10.8 Å². The summed E-state index contributed by atoms with van der Waals surface area (Å²) in [6.07, 6.45) is 0. The molecular weight excluding hydrogens is 863 g/mol. The second-order valence-corrected chi connectivity index (χ2v) is 19.0. The number of para-hydroxylation sites is 6. The van der Waals surface area contributed by atoms with Crippen LogP contribution in [-0.4, -0.2) is 0 Å². The van der Waals surface area contributed by atoms with Gasteiger partial charge in [-0.2, -0.15) is 0 Å². The highest BCUT2D eigenvalue weighted by molar-refractivity contribution is 6.03. The molecular formula is C68H43NO2. The van der Waals surface area contributed by atoms with Crippen LogP contribution in [0.3, 0.4) is 0 Å². The number of fused-ring (bicyclic) bond motifs is 18. The summed E-state index contributed by atoms with van der Waals surface area (Å²) < 4.78 is 13.5. The zero-order chi connectivity index (χ0) is 46.7. The van der Waals surface area contributed by atoms with Gasteiger partial charge in [0, 0.05) is 38.9 Å². The van der Waals surface area contributed by atoms with Crippen LogP contribution in [0.25, 0.3) is 44.5 Å². The Balaban J connectivity index is 1.02. The van der Waals surface area contributed by atoms with Crippen LogP contribution in [0.1, 0.15) is 44.5 Å². The molecule has 0 saturated carbocycles. The third-order valence-electron chi connectivity index (χ3n) is 15.6. The highest BCUT2D eigenvalue weighted by Crippen LogP contribution is 2.66. The van der Waals surface area contributed by atoms with Crippen molar-refractivity contribution in [2.75, 3.05) is 4.90 Å². The van der Waals surface area contributed by atoms with Gasteiger partial charge in [0.1, 0.15) is 23.0 Å². The minimum atomic E-state index is -0.628. The van der Waals surface area contributed by atoms with Gasteiger partial charge in [0.2, 0.25) is 0 Å². The maximum Gasteiger partial charge on any atom is 0.132 e. The smallest absolute Gasteiger partial charge is 0.132 e. The Morgan fingerprint density at radius 3 is 1.18 bits per heavy atom. The van der Waals surface area contributed by atoms with E-state index in [1.807, 2.05) is 0 Å². The molecule has 0 bridgehead atoms. The van der Waals surface area contributed by atoms with E-state index in [2.05, 4.69) is 266 Å². The molecule has 2 aliphatic heterocycles. The molecule has 2 aliphatic carbocycles. The lowest BCUT2D eigenvalue weighted by atomic mass is 9.66. The monoisotopic (exact) mass is 905 g/mol. The average Bonchev–Trinajstić information content (AvgIpc) is 3.90. The van der Waals surface area contributed by atoms with Crippen LogP contribution in [0, 0.1) is 0 Å². The molecule has 71 heavy (non-hydrogen) atoms. The van der Waals surface area contributed by atoms with Gasteiger partial charge in [-0.1, -0.05) is 212 Å². The van der Waals surface area contributed by atoms with Gasteiger partial charge in [-0.3, -0.25) is 0 Å². The first kappa shape index (κ1) is 39.8. The molecule has 0 atom stereocenters. The minimum absolute atomic E-state index is 0.601. The lowest BCUT2D eigenvalue weighted by Crippen LogP contribution is -2.32. The fraction of sp³-hybridized carbons (Fsp3) is 0.0294. The van der Waals surface area contributed by atoms with Gasteiger partial charge in [0.25, 0.3) is 0 Å². The number of benzene rings is 11. The van der Waals surface area contributed by atoms with E-state index in [1.54, 1.807) is 0 Å². The van der Waals surface area contributed by atoms with Gasteiger partial charge >= 0.3 is 0 Å². The second kappa shape index (κ2) is 15.2. The molecule has 3 heteroatoms. The molecule has 11 aromatic rings. The van der Waals surface area contributed by atoms with Crippen molar-refractivity contribution in [1.29, 1.82) is 0 Å². The van der Waals surface area contributed by atoms with Crippen molar-refractivity contribution >= 4 is 17.1 Å². The van der Waals surface area contributed by atoms with Gasteiger partial charge in [-0.05, 0) is 98.6 Å². The van der Waals surface area contributed by atoms with E-state index in [9.17, 15) is 0 Å². The summed E-state index contributed by atoms with van der Waals surface area (Å²) in [4.78, 5) is 2.54. The van der Waals surface area contributed by atoms with Gasteiger partial charge in [-0.15, -0.1) is 0 Å². The van der Waals surface area contributed by atoms with Crippen molar-refractivity contribution in [3.8, 4) is 67.5 Å². The molecule has 4 aliphatic rings. The Bertz CT molecular complexity index is 3890. The molecule has 0 aromatic heterocycles. The van der Waals surface area contributed by atoms with E-state index in [0.29, 0.717) is 0 Å². The third kappa shape index (κ3) is 5.38. The van der Waals surface area contributed by atoms with Gasteiger partial charge < -0.3 is 14.4 Å². The molecule has 0 N–H and O–H groups in total. The van der Waals surface area contributed by atoms with Crippen LogP contribution in [0.4, 0.5) is 17.1 Å². The first-order valence-electron chi connectivity index (χ1n) is 24.5. The minimum Gasteiger partial charge on any atom is -0.457 e. The molecule has 0 radical (unpaired) electrons. The van der Waals surface area contributed by atoms with E-state index in [-0.39, 0.29) is 0 Å². The molecule has 2 heterocycles. The summed E-state index contributed by atoms with van der Waals surface area (Å²) in [6, 6.07) is 95.2. The molecule has 2 spiro atoms. The maximum absolute atomic E-state index is 6.76. The molecule has 0 unspecified atom stereocenters. The number of nitrogens with zero attached hydrogens (tertiary/aromatic N) is 1. The normalized spacial score (nSPS) is 14.1. The summed E-state index contributed by atoms with van der Waals surface area (Å²) in [5.41, 5.74) is 21.0. The number of ether oxygens (including phenoxy) is 2. The van der Waals surface area contributed by atoms with Gasteiger partial charge in [0.15, 0.2) is 0 Å². The van der Waals surface area contributed by atoms with Crippen molar-refractivity contribution < 1.29 is 9.47 Å². The summed E-state index contributed by atoms with van der Waals surface area (Å²) >= 11 is 0. The van der Waals surface area contributed by atoms with Gasteiger partial charge in [0.05, 0.1) is 27.9 Å². The summed E-state index contributed by atoms with van der Waals surface area (Å²) in [5, 5.41) is 0. The first-order valence-corrected chi connectivity index (χ1v) is 24.5. The SMILES string of the molecule is c1ccc(-c2ccccc2N(c2ccccc2-c2ccc3c(c2)C2(c4ccccc4Oc4ccccc42)c2ccccc2-3)c2cccc3c2-c2ccccc2C32c3ccccc3Oc3ccccc32)cc1. The van der Waals surface area contributed by atoms with E-state index >= 15 is 0 Å². The quantitative estimate of drug-likeness (QED) is 0.172. The Kier molecular flexibility index (Phi) is 8.49. The van der Waals surface area contributed by atoms with Crippen LogP contribution in [0.15, 0.2) is 261 Å². The second-order valence-electron chi connectivity index (χ2n) is 19.0. The van der Waals surface area contributed by atoms with Crippen molar-refractivity contribution in [1.82, 2.24) is 0 Å². The summed E-state index contributed by atoms with van der Waals surface area (Å²) in [7, 11) is 0. The predicted octanol–water partition coefficient (Wildman–Crippen LogP) is 17.4. The fourth-order valence-electron chi connectivity index (χ4n) is 12.9. The van der Waals surface area contributed by atoms with Crippen LogP contribution in [0.5, 0.6) is 23.0 Å². The highest BCUT2D eigenvalue weighted by atomic mass is 16.5. The lowest BCUT2D eigenvalue weighted by molar-refractivity contribution is 0.436. The highest BCUT2D eigenvalue weighted by Gasteiger charge is 2.53. The molecule has 0 amide bonds. The van der Waals surface area contributed by atoms with E-state index in [1.165, 1.54) is 44.5 Å². The molecule has 0 fully saturated rings. The molecule has 11 aromatic carbocycles. The van der Waals surface area contributed by atoms with Crippen molar-refractivity contribution in [3.05, 3.63) is 305 Å².